The van der Waals surface area contributed by atoms with E-state index in [0.29, 0.717) is 0 Å². The predicted octanol–water partition coefficient (Wildman–Crippen LogP) is 3.08. The zero-order chi connectivity index (χ0) is 13.1. The zero-order valence-electron chi connectivity index (χ0n) is 8.69. The molecule has 0 aliphatic rings. The van der Waals surface area contributed by atoms with Gasteiger partial charge in [0.25, 0.3) is 5.91 Å². The number of aromatic nitrogens is 3. The van der Waals surface area contributed by atoms with Crippen molar-refractivity contribution in [1.82, 2.24) is 15.0 Å². The van der Waals surface area contributed by atoms with Crippen LogP contribution < -0.4 is 5.32 Å². The van der Waals surface area contributed by atoms with Crippen molar-refractivity contribution >= 4 is 46.5 Å². The van der Waals surface area contributed by atoms with Crippen molar-refractivity contribution in [2.45, 2.75) is 0 Å². The Kier molecular flexibility index (Phi) is 3.96. The van der Waals surface area contributed by atoms with Crippen LogP contribution in [-0.2, 0) is 0 Å². The summed E-state index contributed by atoms with van der Waals surface area (Å²) in [5, 5.41) is 2.91. The number of rotatable bonds is 2. The highest BCUT2D eigenvalue weighted by Gasteiger charge is 2.10. The van der Waals surface area contributed by atoms with Crippen LogP contribution in [0.1, 0.15) is 10.4 Å². The van der Waals surface area contributed by atoms with Gasteiger partial charge in [-0.1, -0.05) is 23.2 Å². The monoisotopic (exact) mass is 302 g/mol. The third-order valence-electron chi connectivity index (χ3n) is 1.93. The van der Waals surface area contributed by atoms with Gasteiger partial charge < -0.3 is 5.32 Å². The molecular weight excluding hydrogens is 298 g/mol. The number of amides is 1. The average molecular weight is 304 g/mol. The van der Waals surface area contributed by atoms with E-state index in [-0.39, 0.29) is 26.8 Å². The molecular formula is C10H5Cl3N4O. The van der Waals surface area contributed by atoms with E-state index in [1.165, 1.54) is 24.5 Å². The Hall–Kier alpha value is -1.43. The summed E-state index contributed by atoms with van der Waals surface area (Å²) in [4.78, 5) is 23.1. The van der Waals surface area contributed by atoms with Crippen LogP contribution in [0.5, 0.6) is 0 Å². The number of hydrogen-bond donors (Lipinski definition) is 1. The van der Waals surface area contributed by atoms with Gasteiger partial charge >= 0.3 is 0 Å². The Morgan fingerprint density at radius 2 is 2.00 bits per heavy atom. The van der Waals surface area contributed by atoms with Crippen molar-refractivity contribution in [3.05, 3.63) is 45.5 Å². The van der Waals surface area contributed by atoms with Crippen molar-refractivity contribution in [2.75, 3.05) is 5.32 Å². The van der Waals surface area contributed by atoms with E-state index in [2.05, 4.69) is 20.3 Å². The molecule has 0 bridgehead atoms. The summed E-state index contributed by atoms with van der Waals surface area (Å²) in [6, 6.07) is 2.92. The van der Waals surface area contributed by atoms with Crippen LogP contribution in [0.15, 0.2) is 24.5 Å². The highest BCUT2D eigenvalue weighted by Crippen LogP contribution is 2.20. The van der Waals surface area contributed by atoms with Crippen molar-refractivity contribution < 1.29 is 4.79 Å². The maximum Gasteiger partial charge on any atom is 0.258 e. The molecule has 0 unspecified atom stereocenters. The van der Waals surface area contributed by atoms with Crippen LogP contribution in [0.4, 0.5) is 5.82 Å². The molecule has 18 heavy (non-hydrogen) atoms. The second-order valence-electron chi connectivity index (χ2n) is 3.16. The van der Waals surface area contributed by atoms with Crippen LogP contribution in [0.2, 0.25) is 15.5 Å². The number of carbonyl (C=O) groups is 1. The van der Waals surface area contributed by atoms with Crippen LogP contribution >= 0.6 is 34.8 Å². The van der Waals surface area contributed by atoms with E-state index in [0.717, 1.165) is 0 Å². The lowest BCUT2D eigenvalue weighted by molar-refractivity contribution is 0.102. The second kappa shape index (κ2) is 5.48. The number of halogens is 3. The second-order valence-corrected chi connectivity index (χ2v) is 4.26. The summed E-state index contributed by atoms with van der Waals surface area (Å²) in [6.45, 7) is 0. The quantitative estimate of drug-likeness (QED) is 0.684. The lowest BCUT2D eigenvalue weighted by Gasteiger charge is -2.04. The van der Waals surface area contributed by atoms with E-state index in [1.54, 1.807) is 0 Å². The number of carbonyl (C=O) groups excluding carboxylic acids is 1. The summed E-state index contributed by atoms with van der Waals surface area (Å²) < 4.78 is 0. The Balaban J connectivity index is 2.19. The topological polar surface area (TPSA) is 67.8 Å². The van der Waals surface area contributed by atoms with Gasteiger partial charge in [0.05, 0.1) is 10.6 Å². The van der Waals surface area contributed by atoms with Gasteiger partial charge in [-0.15, -0.1) is 0 Å². The molecule has 0 aliphatic carbocycles. The van der Waals surface area contributed by atoms with Gasteiger partial charge in [-0.2, -0.15) is 0 Å². The van der Waals surface area contributed by atoms with Crippen molar-refractivity contribution in [1.29, 1.82) is 0 Å². The van der Waals surface area contributed by atoms with Gasteiger partial charge in [-0.05, 0) is 23.7 Å². The first-order valence-corrected chi connectivity index (χ1v) is 5.80. The largest absolute Gasteiger partial charge is 0.306 e. The van der Waals surface area contributed by atoms with Gasteiger partial charge in [0, 0.05) is 12.4 Å². The third-order valence-corrected chi connectivity index (χ3v) is 2.79. The molecule has 2 aromatic rings. The van der Waals surface area contributed by atoms with Crippen LogP contribution in [0, 0.1) is 0 Å². The van der Waals surface area contributed by atoms with Gasteiger partial charge in [-0.3, -0.25) is 4.79 Å². The number of pyridine rings is 1. The molecule has 1 N–H and O–H groups in total. The Bertz CT molecular complexity index is 605. The maximum absolute atomic E-state index is 11.8. The first-order valence-electron chi connectivity index (χ1n) is 4.67. The lowest BCUT2D eigenvalue weighted by Crippen LogP contribution is -2.13. The first kappa shape index (κ1) is 13.0. The normalized spacial score (nSPS) is 10.2. The van der Waals surface area contributed by atoms with Crippen molar-refractivity contribution in [2.24, 2.45) is 0 Å². The molecule has 0 aliphatic heterocycles. The Morgan fingerprint density at radius 1 is 1.22 bits per heavy atom. The van der Waals surface area contributed by atoms with Crippen molar-refractivity contribution in [3.8, 4) is 0 Å². The molecule has 1 amide bonds. The molecule has 5 nitrogen and oxygen atoms in total. The van der Waals surface area contributed by atoms with Gasteiger partial charge in [0.1, 0.15) is 11.0 Å². The van der Waals surface area contributed by atoms with Gasteiger partial charge in [0.2, 0.25) is 5.28 Å². The molecule has 0 spiro atoms. The highest BCUT2D eigenvalue weighted by atomic mass is 35.5. The molecule has 0 saturated carbocycles. The summed E-state index contributed by atoms with van der Waals surface area (Å²) in [5.41, 5.74) is 0.263. The predicted molar refractivity (Wildman–Crippen MR) is 69.3 cm³/mol. The van der Waals surface area contributed by atoms with E-state index < -0.39 is 5.91 Å². The molecule has 8 heteroatoms. The van der Waals surface area contributed by atoms with E-state index in [1.807, 2.05) is 0 Å². The number of hydrogen-bond acceptors (Lipinski definition) is 4. The fourth-order valence-electron chi connectivity index (χ4n) is 1.14. The van der Waals surface area contributed by atoms with E-state index in [4.69, 9.17) is 34.8 Å². The fourth-order valence-corrected chi connectivity index (χ4v) is 1.56. The molecule has 2 rings (SSSR count). The molecule has 0 fully saturated rings. The maximum atomic E-state index is 11.8. The van der Waals surface area contributed by atoms with Crippen molar-refractivity contribution in [3.63, 3.8) is 0 Å². The SMILES string of the molecule is O=C(Nc1ccnc(Cl)n1)c1cnc(Cl)c(Cl)c1. The number of anilines is 1. The lowest BCUT2D eigenvalue weighted by atomic mass is 10.2. The van der Waals surface area contributed by atoms with Crippen LogP contribution in [0.3, 0.4) is 0 Å². The standard InChI is InChI=1S/C10H5Cl3N4O/c11-6-3-5(4-15-8(6)12)9(18)16-7-1-2-14-10(13)17-7/h1-4H,(H,14,16,17,18). The number of nitrogens with zero attached hydrogens (tertiary/aromatic N) is 3. The number of nitrogens with one attached hydrogen (secondary N) is 1. The summed E-state index contributed by atoms with van der Waals surface area (Å²) in [6.07, 6.45) is 2.74. The molecule has 0 aromatic carbocycles. The molecule has 0 saturated heterocycles. The molecule has 0 atom stereocenters. The first-order chi connectivity index (χ1) is 8.56. The minimum atomic E-state index is -0.421. The van der Waals surface area contributed by atoms with Gasteiger partial charge in [-0.25, -0.2) is 15.0 Å². The Labute approximate surface area is 117 Å². The minimum Gasteiger partial charge on any atom is -0.306 e. The minimum absolute atomic E-state index is 0.0417. The molecule has 0 radical (unpaired) electrons. The summed E-state index contributed by atoms with van der Waals surface area (Å²) in [7, 11) is 0. The zero-order valence-corrected chi connectivity index (χ0v) is 11.0. The average Bonchev–Trinajstić information content (AvgIpc) is 2.32. The summed E-state index contributed by atoms with van der Waals surface area (Å²) in [5.74, 6) is -0.137. The van der Waals surface area contributed by atoms with Gasteiger partial charge in [0.15, 0.2) is 0 Å². The Morgan fingerprint density at radius 3 is 2.67 bits per heavy atom. The summed E-state index contributed by atoms with van der Waals surface area (Å²) >= 11 is 17.0. The van der Waals surface area contributed by atoms with E-state index in [9.17, 15) is 4.79 Å². The van der Waals surface area contributed by atoms with Crippen LogP contribution in [-0.4, -0.2) is 20.9 Å². The third kappa shape index (κ3) is 3.07. The smallest absolute Gasteiger partial charge is 0.258 e. The highest BCUT2D eigenvalue weighted by molar-refractivity contribution is 6.41. The molecule has 2 heterocycles. The molecule has 2 aromatic heterocycles. The fraction of sp³-hybridized carbons (Fsp3) is 0. The van der Waals surface area contributed by atoms with Crippen LogP contribution in [0.25, 0.3) is 0 Å². The molecule has 92 valence electrons. The van der Waals surface area contributed by atoms with E-state index >= 15 is 0 Å².